The Kier molecular flexibility index (Phi) is 2.50. The summed E-state index contributed by atoms with van der Waals surface area (Å²) in [7, 11) is 0. The molecule has 102 valence electrons. The first kappa shape index (κ1) is 12.6. The van der Waals surface area contributed by atoms with Gasteiger partial charge < -0.3 is 9.47 Å². The zero-order valence-electron chi connectivity index (χ0n) is 12.0. The second-order valence-electron chi connectivity index (χ2n) is 6.06. The van der Waals surface area contributed by atoms with E-state index >= 15 is 0 Å². The van der Waals surface area contributed by atoms with Gasteiger partial charge in [-0.1, -0.05) is 0 Å². The Bertz CT molecular complexity index is 615. The van der Waals surface area contributed by atoms with Gasteiger partial charge in [-0.3, -0.25) is 0 Å². The number of ether oxygens (including phenoxy) is 2. The molecule has 5 heteroatoms. The van der Waals surface area contributed by atoms with Crippen LogP contribution in [0.15, 0.2) is 18.6 Å². The van der Waals surface area contributed by atoms with Gasteiger partial charge in [0.2, 0.25) is 0 Å². The Morgan fingerprint density at radius 3 is 2.42 bits per heavy atom. The van der Waals surface area contributed by atoms with Crippen LogP contribution in [0, 0.1) is 6.92 Å². The molecule has 0 unspecified atom stereocenters. The van der Waals surface area contributed by atoms with Gasteiger partial charge in [-0.05, 0) is 46.2 Å². The topological polar surface area (TPSA) is 48.7 Å². The van der Waals surface area contributed by atoms with Crippen LogP contribution in [0.3, 0.4) is 0 Å². The van der Waals surface area contributed by atoms with E-state index in [-0.39, 0.29) is 17.5 Å². The fourth-order valence-electron chi connectivity index (χ4n) is 2.19. The number of fused-ring (bicyclic) bond motifs is 1. The standard InChI is InChI=1S/C14H19N3O2/c1-9-6-11-15-8-16-17(11)7-10(9)12-18-13(2,3)14(4,5)19-12/h6-8,12H,1-5H3. The van der Waals surface area contributed by atoms with E-state index in [0.29, 0.717) is 0 Å². The molecule has 0 bridgehead atoms. The van der Waals surface area contributed by atoms with E-state index in [4.69, 9.17) is 9.47 Å². The summed E-state index contributed by atoms with van der Waals surface area (Å²) in [6, 6.07) is 1.99. The highest BCUT2D eigenvalue weighted by molar-refractivity contribution is 5.43. The summed E-state index contributed by atoms with van der Waals surface area (Å²) in [5, 5.41) is 4.16. The molecule has 1 aliphatic heterocycles. The van der Waals surface area contributed by atoms with Crippen LogP contribution in [0.1, 0.15) is 45.1 Å². The Labute approximate surface area is 112 Å². The molecule has 0 aliphatic carbocycles. The fourth-order valence-corrected chi connectivity index (χ4v) is 2.19. The number of pyridine rings is 1. The van der Waals surface area contributed by atoms with Gasteiger partial charge in [0.15, 0.2) is 11.9 Å². The Balaban J connectivity index is 2.04. The lowest BCUT2D eigenvalue weighted by molar-refractivity contribution is -0.0901. The maximum absolute atomic E-state index is 6.07. The van der Waals surface area contributed by atoms with Gasteiger partial charge in [0.25, 0.3) is 0 Å². The van der Waals surface area contributed by atoms with Crippen molar-refractivity contribution >= 4 is 5.65 Å². The second-order valence-corrected chi connectivity index (χ2v) is 6.06. The van der Waals surface area contributed by atoms with Gasteiger partial charge in [-0.15, -0.1) is 0 Å². The summed E-state index contributed by atoms with van der Waals surface area (Å²) in [6.07, 6.45) is 3.11. The van der Waals surface area contributed by atoms with Gasteiger partial charge in [0, 0.05) is 11.8 Å². The van der Waals surface area contributed by atoms with Crippen molar-refractivity contribution in [2.24, 2.45) is 0 Å². The number of nitrogens with zero attached hydrogens (tertiary/aromatic N) is 3. The molecule has 0 atom stereocenters. The molecule has 0 amide bonds. The van der Waals surface area contributed by atoms with Crippen LogP contribution in [0.25, 0.3) is 5.65 Å². The van der Waals surface area contributed by atoms with E-state index in [0.717, 1.165) is 16.8 Å². The average molecular weight is 261 g/mol. The van der Waals surface area contributed by atoms with Gasteiger partial charge in [0.1, 0.15) is 6.33 Å². The predicted molar refractivity (Wildman–Crippen MR) is 70.8 cm³/mol. The van der Waals surface area contributed by atoms with Crippen LogP contribution in [0.5, 0.6) is 0 Å². The van der Waals surface area contributed by atoms with E-state index in [9.17, 15) is 0 Å². The maximum Gasteiger partial charge on any atom is 0.187 e. The summed E-state index contributed by atoms with van der Waals surface area (Å²) < 4.78 is 13.9. The SMILES string of the molecule is Cc1cc2ncnn2cc1C1OC(C)(C)C(C)(C)O1. The van der Waals surface area contributed by atoms with Crippen molar-refractivity contribution in [1.82, 2.24) is 14.6 Å². The number of aryl methyl sites for hydroxylation is 1. The molecule has 5 nitrogen and oxygen atoms in total. The van der Waals surface area contributed by atoms with Crippen molar-refractivity contribution in [2.75, 3.05) is 0 Å². The molecule has 1 fully saturated rings. The molecule has 0 N–H and O–H groups in total. The number of hydrogen-bond acceptors (Lipinski definition) is 4. The van der Waals surface area contributed by atoms with Gasteiger partial charge >= 0.3 is 0 Å². The Hall–Kier alpha value is -1.46. The van der Waals surface area contributed by atoms with Crippen LogP contribution >= 0.6 is 0 Å². The van der Waals surface area contributed by atoms with Crippen LogP contribution in [0.2, 0.25) is 0 Å². The minimum absolute atomic E-state index is 0.332. The Morgan fingerprint density at radius 1 is 1.16 bits per heavy atom. The smallest absolute Gasteiger partial charge is 0.187 e. The summed E-state index contributed by atoms with van der Waals surface area (Å²) in [6.45, 7) is 10.2. The van der Waals surface area contributed by atoms with Gasteiger partial charge in [0.05, 0.1) is 11.2 Å². The highest BCUT2D eigenvalue weighted by Gasteiger charge is 2.49. The third-order valence-electron chi connectivity index (χ3n) is 4.17. The number of hydrogen-bond donors (Lipinski definition) is 0. The largest absolute Gasteiger partial charge is 0.339 e. The summed E-state index contributed by atoms with van der Waals surface area (Å²) >= 11 is 0. The quantitative estimate of drug-likeness (QED) is 0.791. The zero-order valence-corrected chi connectivity index (χ0v) is 12.0. The highest BCUT2D eigenvalue weighted by atomic mass is 16.7. The monoisotopic (exact) mass is 261 g/mol. The second kappa shape index (κ2) is 3.77. The van der Waals surface area contributed by atoms with Crippen molar-refractivity contribution < 1.29 is 9.47 Å². The summed E-state index contributed by atoms with van der Waals surface area (Å²) in [4.78, 5) is 4.17. The molecule has 3 rings (SSSR count). The first-order valence-electron chi connectivity index (χ1n) is 6.46. The third kappa shape index (κ3) is 1.84. The maximum atomic E-state index is 6.07. The summed E-state index contributed by atoms with van der Waals surface area (Å²) in [5.74, 6) is 0. The molecule has 1 aliphatic rings. The molecule has 1 saturated heterocycles. The Morgan fingerprint density at radius 2 is 1.79 bits per heavy atom. The van der Waals surface area contributed by atoms with Gasteiger partial charge in [-0.25, -0.2) is 9.50 Å². The molecule has 19 heavy (non-hydrogen) atoms. The highest BCUT2D eigenvalue weighted by Crippen LogP contribution is 2.45. The van der Waals surface area contributed by atoms with Crippen molar-refractivity contribution in [2.45, 2.75) is 52.1 Å². The van der Waals surface area contributed by atoms with Crippen LogP contribution in [-0.2, 0) is 9.47 Å². The molecule has 0 aromatic carbocycles. The van der Waals surface area contributed by atoms with E-state index < -0.39 is 0 Å². The van der Waals surface area contributed by atoms with Crippen LogP contribution in [0.4, 0.5) is 0 Å². The van der Waals surface area contributed by atoms with Crippen LogP contribution in [-0.4, -0.2) is 25.8 Å². The first-order chi connectivity index (χ1) is 8.80. The number of aromatic nitrogens is 3. The van der Waals surface area contributed by atoms with Gasteiger partial charge in [-0.2, -0.15) is 5.10 Å². The normalized spacial score (nSPS) is 22.2. The van der Waals surface area contributed by atoms with Crippen molar-refractivity contribution in [3.8, 4) is 0 Å². The first-order valence-corrected chi connectivity index (χ1v) is 6.46. The lowest BCUT2D eigenvalue weighted by atomic mass is 9.90. The van der Waals surface area contributed by atoms with Crippen LogP contribution < -0.4 is 0 Å². The zero-order chi connectivity index (χ0) is 13.8. The summed E-state index contributed by atoms with van der Waals surface area (Å²) in [5.41, 5.74) is 2.26. The van der Waals surface area contributed by atoms with E-state index in [2.05, 4.69) is 37.8 Å². The predicted octanol–water partition coefficient (Wildman–Crippen LogP) is 2.64. The van der Waals surface area contributed by atoms with E-state index in [1.165, 1.54) is 0 Å². The molecule has 3 heterocycles. The molecular weight excluding hydrogens is 242 g/mol. The minimum Gasteiger partial charge on any atom is -0.339 e. The van der Waals surface area contributed by atoms with Crippen molar-refractivity contribution in [3.05, 3.63) is 29.7 Å². The fraction of sp³-hybridized carbons (Fsp3) is 0.571. The third-order valence-corrected chi connectivity index (χ3v) is 4.17. The molecule has 2 aromatic heterocycles. The lowest BCUT2D eigenvalue weighted by Crippen LogP contribution is -2.41. The average Bonchev–Trinajstić information content (AvgIpc) is 2.80. The molecule has 0 saturated carbocycles. The number of rotatable bonds is 1. The minimum atomic E-state index is -0.362. The molecule has 2 aromatic rings. The molecular formula is C14H19N3O2. The van der Waals surface area contributed by atoms with E-state index in [1.54, 1.807) is 10.8 Å². The molecule has 0 spiro atoms. The van der Waals surface area contributed by atoms with E-state index in [1.807, 2.05) is 19.2 Å². The lowest BCUT2D eigenvalue weighted by Gasteiger charge is -2.30. The molecule has 0 radical (unpaired) electrons. The van der Waals surface area contributed by atoms with Crippen molar-refractivity contribution in [3.63, 3.8) is 0 Å². The van der Waals surface area contributed by atoms with Crippen molar-refractivity contribution in [1.29, 1.82) is 0 Å².